The molecule has 1 saturated heterocycles. The number of carbonyl (C=O) groups excluding carboxylic acids is 1. The molecule has 0 saturated carbocycles. The molecule has 3 rings (SSSR count). The van der Waals surface area contributed by atoms with Crippen LogP contribution in [-0.2, 0) is 6.42 Å². The number of nitrogens with zero attached hydrogens (tertiary/aromatic N) is 1. The molecule has 7 heteroatoms. The molecule has 0 radical (unpaired) electrons. The third kappa shape index (κ3) is 5.40. The lowest BCUT2D eigenvalue weighted by atomic mass is 10.1. The normalized spacial score (nSPS) is 15.8. The highest BCUT2D eigenvalue weighted by atomic mass is 35.5. The first-order valence-corrected chi connectivity index (χ1v) is 9.61. The Kier molecular flexibility index (Phi) is 6.83. The molecular weight excluding hydrogens is 373 g/mol. The Morgan fingerprint density at radius 3 is 2.54 bits per heavy atom. The zero-order valence-corrected chi connectivity index (χ0v) is 16.0. The Bertz CT molecular complexity index is 695. The van der Waals surface area contributed by atoms with Crippen LogP contribution in [0.1, 0.15) is 30.2 Å². The van der Waals surface area contributed by atoms with Gasteiger partial charge in [-0.25, -0.2) is 4.79 Å². The van der Waals surface area contributed by atoms with Crippen molar-refractivity contribution >= 4 is 29.2 Å². The average molecular weight is 396 g/mol. The fourth-order valence-corrected chi connectivity index (χ4v) is 3.84. The molecule has 140 valence electrons. The van der Waals surface area contributed by atoms with Crippen molar-refractivity contribution in [1.82, 2.24) is 15.5 Å². The minimum atomic E-state index is -0.186. The van der Waals surface area contributed by atoms with Crippen molar-refractivity contribution < 1.29 is 9.21 Å². The number of amides is 2. The fourth-order valence-electron chi connectivity index (χ4n) is 3.27. The van der Waals surface area contributed by atoms with Gasteiger partial charge >= 0.3 is 6.03 Å². The van der Waals surface area contributed by atoms with E-state index in [0.717, 1.165) is 24.4 Å². The van der Waals surface area contributed by atoms with Gasteiger partial charge in [0, 0.05) is 23.1 Å². The van der Waals surface area contributed by atoms with Crippen LogP contribution >= 0.6 is 23.2 Å². The van der Waals surface area contributed by atoms with Crippen molar-refractivity contribution in [2.24, 2.45) is 0 Å². The number of benzene rings is 1. The van der Waals surface area contributed by atoms with E-state index in [0.29, 0.717) is 29.6 Å². The number of rotatable bonds is 7. The number of carbonyl (C=O) groups is 1. The van der Waals surface area contributed by atoms with E-state index in [9.17, 15) is 4.79 Å². The molecule has 1 aliphatic heterocycles. The summed E-state index contributed by atoms with van der Waals surface area (Å²) in [5.74, 6) is 0.890. The molecule has 2 heterocycles. The molecule has 2 aromatic rings. The molecule has 0 aliphatic carbocycles. The summed E-state index contributed by atoms with van der Waals surface area (Å²) >= 11 is 12.0. The molecule has 1 aromatic carbocycles. The maximum atomic E-state index is 12.1. The van der Waals surface area contributed by atoms with Gasteiger partial charge in [-0.15, -0.1) is 0 Å². The van der Waals surface area contributed by atoms with Crippen LogP contribution in [0.5, 0.6) is 0 Å². The topological polar surface area (TPSA) is 57.5 Å². The van der Waals surface area contributed by atoms with Crippen LogP contribution in [0.4, 0.5) is 4.79 Å². The van der Waals surface area contributed by atoms with Crippen molar-refractivity contribution in [3.8, 4) is 0 Å². The minimum Gasteiger partial charge on any atom is -0.468 e. The molecule has 0 spiro atoms. The van der Waals surface area contributed by atoms with E-state index in [2.05, 4.69) is 15.5 Å². The maximum Gasteiger partial charge on any atom is 0.314 e. The molecule has 26 heavy (non-hydrogen) atoms. The van der Waals surface area contributed by atoms with Gasteiger partial charge in [0.1, 0.15) is 5.76 Å². The Morgan fingerprint density at radius 2 is 1.88 bits per heavy atom. The number of furan rings is 1. The van der Waals surface area contributed by atoms with Crippen molar-refractivity contribution in [2.45, 2.75) is 25.3 Å². The highest BCUT2D eigenvalue weighted by Gasteiger charge is 2.25. The first kappa shape index (κ1) is 19.1. The Morgan fingerprint density at radius 1 is 1.15 bits per heavy atom. The Balaban J connectivity index is 1.46. The molecule has 0 bridgehead atoms. The summed E-state index contributed by atoms with van der Waals surface area (Å²) in [5, 5.41) is 7.03. The molecule has 1 aromatic heterocycles. The second-order valence-corrected chi connectivity index (χ2v) is 7.31. The highest BCUT2D eigenvalue weighted by Crippen LogP contribution is 2.24. The monoisotopic (exact) mass is 395 g/mol. The van der Waals surface area contributed by atoms with Gasteiger partial charge in [0.2, 0.25) is 0 Å². The van der Waals surface area contributed by atoms with Gasteiger partial charge in [0.15, 0.2) is 0 Å². The molecular formula is C19H23Cl2N3O2. The molecule has 1 fully saturated rings. The first-order chi connectivity index (χ1) is 12.6. The van der Waals surface area contributed by atoms with E-state index >= 15 is 0 Å². The Labute approximate surface area is 163 Å². The fraction of sp³-hybridized carbons (Fsp3) is 0.421. The number of halogens is 2. The summed E-state index contributed by atoms with van der Waals surface area (Å²) in [5.41, 5.74) is 0.994. The van der Waals surface area contributed by atoms with E-state index in [4.69, 9.17) is 27.6 Å². The van der Waals surface area contributed by atoms with Crippen LogP contribution in [0.15, 0.2) is 41.0 Å². The lowest BCUT2D eigenvalue weighted by Gasteiger charge is -2.26. The number of likely N-dealkylation sites (tertiary alicyclic amines) is 1. The second kappa shape index (κ2) is 9.31. The van der Waals surface area contributed by atoms with Gasteiger partial charge in [0.05, 0.1) is 12.3 Å². The number of nitrogens with one attached hydrogen (secondary N) is 2. The van der Waals surface area contributed by atoms with Gasteiger partial charge in [-0.1, -0.05) is 23.2 Å². The first-order valence-electron chi connectivity index (χ1n) is 8.86. The van der Waals surface area contributed by atoms with Gasteiger partial charge in [0.25, 0.3) is 0 Å². The SMILES string of the molecule is O=C(NCCc1cc(Cl)cc(Cl)c1)NCC(c1ccco1)N1CCCC1. The predicted molar refractivity (Wildman–Crippen MR) is 104 cm³/mol. The molecule has 1 atom stereocenters. The van der Waals surface area contributed by atoms with Gasteiger partial charge in [-0.05, 0) is 68.2 Å². The maximum absolute atomic E-state index is 12.1. The molecule has 1 aliphatic rings. The summed E-state index contributed by atoms with van der Waals surface area (Å²) in [6, 6.07) is 9.14. The lowest BCUT2D eigenvalue weighted by molar-refractivity contribution is 0.203. The second-order valence-electron chi connectivity index (χ2n) is 6.44. The lowest BCUT2D eigenvalue weighted by Crippen LogP contribution is -2.42. The van der Waals surface area contributed by atoms with Crippen LogP contribution in [0.2, 0.25) is 10.0 Å². The summed E-state index contributed by atoms with van der Waals surface area (Å²) in [7, 11) is 0. The van der Waals surface area contributed by atoms with Crippen molar-refractivity contribution in [3.05, 3.63) is 58.0 Å². The third-order valence-corrected chi connectivity index (χ3v) is 4.97. The summed E-state index contributed by atoms with van der Waals surface area (Å²) in [6.07, 6.45) is 4.72. The predicted octanol–water partition coefficient (Wildman–Crippen LogP) is 4.27. The number of urea groups is 1. The summed E-state index contributed by atoms with van der Waals surface area (Å²) < 4.78 is 5.56. The molecule has 2 N–H and O–H groups in total. The molecule has 1 unspecified atom stereocenters. The largest absolute Gasteiger partial charge is 0.468 e. The van der Waals surface area contributed by atoms with E-state index in [1.54, 1.807) is 12.3 Å². The third-order valence-electron chi connectivity index (χ3n) is 4.53. The zero-order valence-electron chi connectivity index (χ0n) is 14.5. The van der Waals surface area contributed by atoms with E-state index in [1.807, 2.05) is 24.3 Å². The van der Waals surface area contributed by atoms with Crippen molar-refractivity contribution in [2.75, 3.05) is 26.2 Å². The smallest absolute Gasteiger partial charge is 0.314 e. The molecule has 5 nitrogen and oxygen atoms in total. The number of hydrogen-bond donors (Lipinski definition) is 2. The average Bonchev–Trinajstić information content (AvgIpc) is 3.28. The standard InChI is InChI=1S/C19H23Cl2N3O2/c20-15-10-14(11-16(21)12-15)5-6-22-19(25)23-13-17(18-4-3-9-26-18)24-7-1-2-8-24/h3-4,9-12,17H,1-2,5-8,13H2,(H2,22,23,25). The van der Waals surface area contributed by atoms with Crippen LogP contribution in [-0.4, -0.2) is 37.1 Å². The number of hydrogen-bond acceptors (Lipinski definition) is 3. The van der Waals surface area contributed by atoms with E-state index in [-0.39, 0.29) is 12.1 Å². The minimum absolute atomic E-state index is 0.0741. The zero-order chi connectivity index (χ0) is 18.4. The summed E-state index contributed by atoms with van der Waals surface area (Å²) in [4.78, 5) is 14.5. The van der Waals surface area contributed by atoms with Crippen LogP contribution in [0.25, 0.3) is 0 Å². The van der Waals surface area contributed by atoms with Gasteiger partial charge in [-0.3, -0.25) is 4.90 Å². The Hall–Kier alpha value is -1.69. The van der Waals surface area contributed by atoms with Crippen molar-refractivity contribution in [1.29, 1.82) is 0 Å². The summed E-state index contributed by atoms with van der Waals surface area (Å²) in [6.45, 7) is 3.09. The van der Waals surface area contributed by atoms with Crippen LogP contribution in [0, 0.1) is 0 Å². The van der Waals surface area contributed by atoms with Crippen LogP contribution < -0.4 is 10.6 Å². The highest BCUT2D eigenvalue weighted by molar-refractivity contribution is 6.34. The van der Waals surface area contributed by atoms with Gasteiger partial charge < -0.3 is 15.1 Å². The molecule has 2 amide bonds. The van der Waals surface area contributed by atoms with Crippen LogP contribution in [0.3, 0.4) is 0 Å². The van der Waals surface area contributed by atoms with E-state index in [1.165, 1.54) is 12.8 Å². The van der Waals surface area contributed by atoms with Crippen molar-refractivity contribution in [3.63, 3.8) is 0 Å². The van der Waals surface area contributed by atoms with E-state index < -0.39 is 0 Å². The van der Waals surface area contributed by atoms with Gasteiger partial charge in [-0.2, -0.15) is 0 Å². The quantitative estimate of drug-likeness (QED) is 0.735.